The molecule has 0 amide bonds. The second kappa shape index (κ2) is 8.62. The molecule has 0 unspecified atom stereocenters. The van der Waals surface area contributed by atoms with Crippen LogP contribution in [0.3, 0.4) is 0 Å². The molecule has 0 spiro atoms. The van der Waals surface area contributed by atoms with Crippen molar-refractivity contribution in [3.63, 3.8) is 0 Å². The van der Waals surface area contributed by atoms with Crippen LogP contribution >= 0.6 is 0 Å². The predicted octanol–water partition coefficient (Wildman–Crippen LogP) is 4.11. The van der Waals surface area contributed by atoms with Gasteiger partial charge in [0.05, 0.1) is 44.4 Å². The molecule has 5 rings (SSSR count). The normalized spacial score (nSPS) is 11.0. The van der Waals surface area contributed by atoms with E-state index in [1.807, 2.05) is 49.9 Å². The van der Waals surface area contributed by atoms with Gasteiger partial charge in [-0.1, -0.05) is 0 Å². The fourth-order valence-corrected chi connectivity index (χ4v) is 3.68. The molecule has 0 aliphatic rings. The van der Waals surface area contributed by atoms with Crippen LogP contribution in [0.15, 0.2) is 67.5 Å². The number of methoxy groups -OCH3 is 2. The molecule has 9 heteroatoms. The van der Waals surface area contributed by atoms with E-state index in [4.69, 9.17) is 14.5 Å². The van der Waals surface area contributed by atoms with Crippen LogP contribution in [0.4, 0.5) is 11.5 Å². The third kappa shape index (κ3) is 4.20. The number of anilines is 2. The molecule has 1 aromatic carbocycles. The Morgan fingerprint density at radius 3 is 2.39 bits per heavy atom. The largest absolute Gasteiger partial charge is 0.497 e. The highest BCUT2D eigenvalue weighted by molar-refractivity contribution is 5.85. The minimum absolute atomic E-state index is 0.484. The second-order valence-electron chi connectivity index (χ2n) is 7.55. The smallest absolute Gasteiger partial charge is 0.134 e. The van der Waals surface area contributed by atoms with E-state index < -0.39 is 0 Å². The van der Waals surface area contributed by atoms with Crippen LogP contribution in [-0.4, -0.2) is 43.9 Å². The average Bonchev–Trinajstić information content (AvgIpc) is 3.53. The number of aryl methyl sites for hydroxylation is 1. The number of fused-ring (bicyclic) bond motifs is 1. The molecule has 0 aliphatic heterocycles. The van der Waals surface area contributed by atoms with Crippen molar-refractivity contribution >= 4 is 22.4 Å². The van der Waals surface area contributed by atoms with Gasteiger partial charge in [-0.25, -0.2) is 9.97 Å². The van der Waals surface area contributed by atoms with Crippen molar-refractivity contribution in [1.29, 1.82) is 0 Å². The zero-order valence-electron chi connectivity index (χ0n) is 18.6. The lowest BCUT2D eigenvalue weighted by atomic mass is 10.1. The van der Waals surface area contributed by atoms with Crippen LogP contribution < -0.4 is 14.4 Å². The summed E-state index contributed by atoms with van der Waals surface area (Å²) in [6, 6.07) is 9.86. The molecule has 0 fully saturated rings. The number of aromatic amines is 1. The molecule has 1 N–H and O–H groups in total. The molecule has 33 heavy (non-hydrogen) atoms. The number of nitrogens with zero attached hydrogens (tertiary/aromatic N) is 6. The van der Waals surface area contributed by atoms with Crippen molar-refractivity contribution in [1.82, 2.24) is 29.7 Å². The van der Waals surface area contributed by atoms with E-state index in [1.165, 1.54) is 0 Å². The van der Waals surface area contributed by atoms with E-state index in [-0.39, 0.29) is 0 Å². The van der Waals surface area contributed by atoms with Gasteiger partial charge < -0.3 is 19.4 Å². The summed E-state index contributed by atoms with van der Waals surface area (Å²) in [5, 5.41) is 5.24. The minimum atomic E-state index is 0.484. The maximum absolute atomic E-state index is 5.49. The van der Waals surface area contributed by atoms with Gasteiger partial charge in [0.25, 0.3) is 0 Å². The quantitative estimate of drug-likeness (QED) is 0.406. The molecule has 166 valence electrons. The fraction of sp³-hybridized carbons (Fsp3) is 0.167. The van der Waals surface area contributed by atoms with E-state index in [0.29, 0.717) is 18.0 Å². The highest BCUT2D eigenvalue weighted by Gasteiger charge is 2.17. The SMILES string of the molecule is COc1cc(OC)cc(N(Cc2ncc[nH]2)c2cc3cc(-c4cnn(C)c4)cnc3cn2)c1. The van der Waals surface area contributed by atoms with E-state index >= 15 is 0 Å². The molecule has 0 radical (unpaired) electrons. The van der Waals surface area contributed by atoms with Crippen LogP contribution in [-0.2, 0) is 13.6 Å². The zero-order chi connectivity index (χ0) is 22.8. The number of hydrogen-bond acceptors (Lipinski definition) is 7. The Bertz CT molecular complexity index is 1370. The Labute approximate surface area is 190 Å². The first-order valence-electron chi connectivity index (χ1n) is 10.4. The van der Waals surface area contributed by atoms with Gasteiger partial charge in [0.15, 0.2) is 0 Å². The predicted molar refractivity (Wildman–Crippen MR) is 126 cm³/mol. The number of ether oxygens (including phenoxy) is 2. The Morgan fingerprint density at radius 1 is 0.909 bits per heavy atom. The Balaban J connectivity index is 1.61. The number of nitrogens with one attached hydrogen (secondary N) is 1. The lowest BCUT2D eigenvalue weighted by Gasteiger charge is -2.24. The van der Waals surface area contributed by atoms with E-state index in [1.54, 1.807) is 37.5 Å². The Kier molecular flexibility index (Phi) is 5.35. The van der Waals surface area contributed by atoms with Crippen molar-refractivity contribution < 1.29 is 9.47 Å². The van der Waals surface area contributed by atoms with Crippen molar-refractivity contribution in [2.45, 2.75) is 6.54 Å². The summed E-state index contributed by atoms with van der Waals surface area (Å²) in [6.07, 6.45) is 11.0. The average molecular weight is 441 g/mol. The molecule has 4 aromatic heterocycles. The number of benzene rings is 1. The molecule has 0 saturated carbocycles. The molecule has 5 aromatic rings. The third-order valence-corrected chi connectivity index (χ3v) is 5.38. The Hall–Kier alpha value is -4.40. The van der Waals surface area contributed by atoms with Crippen LogP contribution in [0.25, 0.3) is 22.0 Å². The van der Waals surface area contributed by atoms with E-state index in [2.05, 4.69) is 31.0 Å². The number of H-pyrrole nitrogens is 1. The van der Waals surface area contributed by atoms with Gasteiger partial charge in [-0.05, 0) is 12.1 Å². The summed E-state index contributed by atoms with van der Waals surface area (Å²) in [7, 11) is 5.17. The van der Waals surface area contributed by atoms with Crippen molar-refractivity contribution in [2.24, 2.45) is 7.05 Å². The summed E-state index contributed by atoms with van der Waals surface area (Å²) in [5.74, 6) is 2.94. The molecule has 0 bridgehead atoms. The highest BCUT2D eigenvalue weighted by Crippen LogP contribution is 2.34. The lowest BCUT2D eigenvalue weighted by molar-refractivity contribution is 0.394. The first-order valence-corrected chi connectivity index (χ1v) is 10.4. The summed E-state index contributed by atoms with van der Waals surface area (Å²) >= 11 is 0. The maximum Gasteiger partial charge on any atom is 0.134 e. The highest BCUT2D eigenvalue weighted by atomic mass is 16.5. The molecular weight excluding hydrogens is 418 g/mol. The van der Waals surface area contributed by atoms with E-state index in [0.717, 1.165) is 39.4 Å². The van der Waals surface area contributed by atoms with Gasteiger partial charge in [-0.2, -0.15) is 5.10 Å². The Morgan fingerprint density at radius 2 is 1.73 bits per heavy atom. The first-order chi connectivity index (χ1) is 16.1. The van der Waals surface area contributed by atoms with Gasteiger partial charge in [0.1, 0.15) is 23.1 Å². The van der Waals surface area contributed by atoms with Gasteiger partial charge in [-0.3, -0.25) is 9.67 Å². The number of pyridine rings is 2. The van der Waals surface area contributed by atoms with Gasteiger partial charge in [0.2, 0.25) is 0 Å². The van der Waals surface area contributed by atoms with Crippen molar-refractivity contribution in [2.75, 3.05) is 19.1 Å². The van der Waals surface area contributed by atoms with Gasteiger partial charge in [-0.15, -0.1) is 0 Å². The summed E-state index contributed by atoms with van der Waals surface area (Å²) in [6.45, 7) is 0.484. The van der Waals surface area contributed by atoms with Crippen LogP contribution in [0.5, 0.6) is 11.5 Å². The molecular formula is C24H23N7O2. The topological polar surface area (TPSA) is 94.0 Å². The maximum atomic E-state index is 5.49. The molecule has 0 saturated heterocycles. The fourth-order valence-electron chi connectivity index (χ4n) is 3.68. The third-order valence-electron chi connectivity index (χ3n) is 5.38. The lowest BCUT2D eigenvalue weighted by Crippen LogP contribution is -2.18. The molecule has 9 nitrogen and oxygen atoms in total. The van der Waals surface area contributed by atoms with Crippen molar-refractivity contribution in [3.05, 3.63) is 73.3 Å². The summed E-state index contributed by atoms with van der Waals surface area (Å²) in [4.78, 5) is 18.9. The van der Waals surface area contributed by atoms with Gasteiger partial charge in [0, 0.05) is 66.5 Å². The van der Waals surface area contributed by atoms with Crippen LogP contribution in [0.1, 0.15) is 5.82 Å². The number of imidazole rings is 1. The first kappa shape index (κ1) is 20.5. The second-order valence-corrected chi connectivity index (χ2v) is 7.55. The molecule has 0 aliphatic carbocycles. The number of aromatic nitrogens is 6. The van der Waals surface area contributed by atoms with E-state index in [9.17, 15) is 0 Å². The monoisotopic (exact) mass is 441 g/mol. The molecule has 4 heterocycles. The standard InChI is InChI=1S/C24H23N7O2/c1-30-14-18(12-29-30)17-6-16-7-24(28-13-22(16)27-11-17)31(15-23-25-4-5-26-23)19-8-20(32-2)10-21(9-19)33-3/h4-14H,15H2,1-3H3,(H,25,26). The van der Waals surface area contributed by atoms with Crippen molar-refractivity contribution in [3.8, 4) is 22.6 Å². The minimum Gasteiger partial charge on any atom is -0.497 e. The van der Waals surface area contributed by atoms with Crippen LogP contribution in [0.2, 0.25) is 0 Å². The number of hydrogen-bond donors (Lipinski definition) is 1. The summed E-state index contributed by atoms with van der Waals surface area (Å²) < 4.78 is 12.8. The van der Waals surface area contributed by atoms with Crippen LogP contribution in [0, 0.1) is 0 Å². The molecule has 0 atom stereocenters. The number of rotatable bonds is 7. The summed E-state index contributed by atoms with van der Waals surface area (Å²) in [5.41, 5.74) is 3.68. The zero-order valence-corrected chi connectivity index (χ0v) is 18.6. The van der Waals surface area contributed by atoms with Gasteiger partial charge >= 0.3 is 0 Å².